The van der Waals surface area contributed by atoms with Gasteiger partial charge in [0, 0.05) is 12.2 Å². The lowest BCUT2D eigenvalue weighted by Crippen LogP contribution is -2.05. The molecule has 72 valence electrons. The summed E-state index contributed by atoms with van der Waals surface area (Å²) in [5.41, 5.74) is 13.7. The second kappa shape index (κ2) is 4.14. The fraction of sp³-hybridized carbons (Fsp3) is 0.400. The van der Waals surface area contributed by atoms with Gasteiger partial charge in [-0.25, -0.2) is 0 Å². The molecule has 3 nitrogen and oxygen atoms in total. The van der Waals surface area contributed by atoms with E-state index >= 15 is 0 Å². The maximum atomic E-state index is 5.81. The zero-order valence-electron chi connectivity index (χ0n) is 8.08. The summed E-state index contributed by atoms with van der Waals surface area (Å²) in [7, 11) is 0. The first kappa shape index (κ1) is 9.86. The molecule has 0 spiro atoms. The van der Waals surface area contributed by atoms with E-state index in [1.165, 1.54) is 0 Å². The fourth-order valence-corrected chi connectivity index (χ4v) is 1.30. The molecule has 1 aromatic rings. The molecule has 0 aliphatic heterocycles. The Balaban J connectivity index is 2.93. The van der Waals surface area contributed by atoms with E-state index in [-0.39, 0.29) is 6.10 Å². The summed E-state index contributed by atoms with van der Waals surface area (Å²) < 4.78 is 5.43. The summed E-state index contributed by atoms with van der Waals surface area (Å²) in [4.78, 5) is 0. The van der Waals surface area contributed by atoms with Crippen LogP contribution in [0.2, 0.25) is 0 Å². The van der Waals surface area contributed by atoms with Gasteiger partial charge < -0.3 is 16.2 Å². The quantitative estimate of drug-likeness (QED) is 0.699. The van der Waals surface area contributed by atoms with Crippen LogP contribution in [0.1, 0.15) is 25.5 Å². The number of nitrogens with two attached hydrogens (primary N) is 2. The Labute approximate surface area is 78.7 Å². The topological polar surface area (TPSA) is 61.3 Å². The van der Waals surface area contributed by atoms with E-state index in [2.05, 4.69) is 0 Å². The van der Waals surface area contributed by atoms with Crippen LogP contribution in [0.4, 0.5) is 11.4 Å². The number of para-hydroxylation sites is 1. The monoisotopic (exact) mass is 180 g/mol. The van der Waals surface area contributed by atoms with Gasteiger partial charge in [0.05, 0.1) is 17.5 Å². The second-order valence-electron chi connectivity index (χ2n) is 2.95. The number of anilines is 2. The van der Waals surface area contributed by atoms with Gasteiger partial charge in [-0.1, -0.05) is 12.1 Å². The van der Waals surface area contributed by atoms with Crippen molar-refractivity contribution in [2.75, 3.05) is 18.1 Å². The third-order valence-corrected chi connectivity index (χ3v) is 2.03. The highest BCUT2D eigenvalue weighted by molar-refractivity contribution is 5.67. The molecular weight excluding hydrogens is 164 g/mol. The van der Waals surface area contributed by atoms with Crippen molar-refractivity contribution in [1.29, 1.82) is 0 Å². The van der Waals surface area contributed by atoms with E-state index < -0.39 is 0 Å². The highest BCUT2D eigenvalue weighted by atomic mass is 16.5. The minimum Gasteiger partial charge on any atom is -0.397 e. The summed E-state index contributed by atoms with van der Waals surface area (Å²) in [5.74, 6) is 0. The predicted molar refractivity (Wildman–Crippen MR) is 55.3 cm³/mol. The van der Waals surface area contributed by atoms with Crippen molar-refractivity contribution >= 4 is 11.4 Å². The van der Waals surface area contributed by atoms with Crippen molar-refractivity contribution in [2.45, 2.75) is 20.0 Å². The number of hydrogen-bond donors (Lipinski definition) is 2. The molecule has 0 amide bonds. The standard InChI is InChI=1S/C10H16N2O/c1-3-13-7(2)8-5-4-6-9(11)10(8)12/h4-7H,3,11-12H2,1-2H3. The Hall–Kier alpha value is -1.22. The molecule has 0 heterocycles. The number of rotatable bonds is 3. The van der Waals surface area contributed by atoms with Gasteiger partial charge in [0.25, 0.3) is 0 Å². The van der Waals surface area contributed by atoms with Crippen molar-refractivity contribution in [1.82, 2.24) is 0 Å². The van der Waals surface area contributed by atoms with E-state index in [0.29, 0.717) is 18.0 Å². The first-order valence-corrected chi connectivity index (χ1v) is 4.42. The fourth-order valence-electron chi connectivity index (χ4n) is 1.30. The minimum atomic E-state index is 0.00787. The highest BCUT2D eigenvalue weighted by Crippen LogP contribution is 2.27. The maximum absolute atomic E-state index is 5.81. The van der Waals surface area contributed by atoms with Gasteiger partial charge >= 0.3 is 0 Å². The Bertz CT molecular complexity index is 286. The average Bonchev–Trinajstić information content (AvgIpc) is 2.10. The predicted octanol–water partition coefficient (Wildman–Crippen LogP) is 1.95. The summed E-state index contributed by atoms with van der Waals surface area (Å²) in [6, 6.07) is 5.61. The van der Waals surface area contributed by atoms with E-state index in [1.54, 1.807) is 6.07 Å². The molecule has 1 aromatic carbocycles. The number of hydrogen-bond acceptors (Lipinski definition) is 3. The lowest BCUT2D eigenvalue weighted by Gasteiger charge is -2.15. The van der Waals surface area contributed by atoms with Crippen molar-refractivity contribution in [3.8, 4) is 0 Å². The van der Waals surface area contributed by atoms with Crippen LogP contribution in [0, 0.1) is 0 Å². The van der Waals surface area contributed by atoms with Crippen molar-refractivity contribution in [2.24, 2.45) is 0 Å². The zero-order chi connectivity index (χ0) is 9.84. The van der Waals surface area contributed by atoms with E-state index in [0.717, 1.165) is 5.56 Å². The van der Waals surface area contributed by atoms with Crippen LogP contribution in [-0.4, -0.2) is 6.61 Å². The third kappa shape index (κ3) is 2.12. The van der Waals surface area contributed by atoms with E-state index in [9.17, 15) is 0 Å². The maximum Gasteiger partial charge on any atom is 0.0817 e. The molecule has 0 radical (unpaired) electrons. The zero-order valence-corrected chi connectivity index (χ0v) is 8.08. The lowest BCUT2D eigenvalue weighted by atomic mass is 10.1. The first-order chi connectivity index (χ1) is 6.16. The number of nitrogen functional groups attached to an aromatic ring is 2. The summed E-state index contributed by atoms with van der Waals surface area (Å²) in [6.45, 7) is 4.60. The number of benzene rings is 1. The van der Waals surface area contributed by atoms with Crippen LogP contribution in [0.15, 0.2) is 18.2 Å². The van der Waals surface area contributed by atoms with Gasteiger partial charge in [0.2, 0.25) is 0 Å². The molecule has 4 N–H and O–H groups in total. The first-order valence-electron chi connectivity index (χ1n) is 4.42. The Kier molecular flexibility index (Phi) is 3.14. The van der Waals surface area contributed by atoms with Crippen molar-refractivity contribution < 1.29 is 4.74 Å². The van der Waals surface area contributed by atoms with Gasteiger partial charge in [-0.05, 0) is 19.9 Å². The van der Waals surface area contributed by atoms with E-state index in [4.69, 9.17) is 16.2 Å². The SMILES string of the molecule is CCOC(C)c1cccc(N)c1N. The molecule has 0 saturated heterocycles. The summed E-state index contributed by atoms with van der Waals surface area (Å²) in [5, 5.41) is 0. The van der Waals surface area contributed by atoms with Crippen LogP contribution >= 0.6 is 0 Å². The molecule has 0 bridgehead atoms. The Morgan fingerprint density at radius 2 is 2.08 bits per heavy atom. The molecular formula is C10H16N2O. The molecule has 1 atom stereocenters. The van der Waals surface area contributed by atoms with Crippen LogP contribution in [0.5, 0.6) is 0 Å². The van der Waals surface area contributed by atoms with Gasteiger partial charge in [0.15, 0.2) is 0 Å². The van der Waals surface area contributed by atoms with Gasteiger partial charge in [-0.3, -0.25) is 0 Å². The van der Waals surface area contributed by atoms with Crippen LogP contribution in [0.3, 0.4) is 0 Å². The van der Waals surface area contributed by atoms with Crippen molar-refractivity contribution in [3.05, 3.63) is 23.8 Å². The van der Waals surface area contributed by atoms with Crippen LogP contribution in [0.25, 0.3) is 0 Å². The van der Waals surface area contributed by atoms with Gasteiger partial charge in [-0.15, -0.1) is 0 Å². The second-order valence-corrected chi connectivity index (χ2v) is 2.95. The van der Waals surface area contributed by atoms with Crippen molar-refractivity contribution in [3.63, 3.8) is 0 Å². The summed E-state index contributed by atoms with van der Waals surface area (Å²) >= 11 is 0. The molecule has 1 rings (SSSR count). The Morgan fingerprint density at radius 3 is 2.69 bits per heavy atom. The number of ether oxygens (including phenoxy) is 1. The van der Waals surface area contributed by atoms with E-state index in [1.807, 2.05) is 26.0 Å². The molecule has 0 fully saturated rings. The van der Waals surface area contributed by atoms with Crippen LogP contribution in [-0.2, 0) is 4.74 Å². The lowest BCUT2D eigenvalue weighted by molar-refractivity contribution is 0.0769. The van der Waals surface area contributed by atoms with Gasteiger partial charge in [0.1, 0.15) is 0 Å². The highest BCUT2D eigenvalue weighted by Gasteiger charge is 2.09. The smallest absolute Gasteiger partial charge is 0.0817 e. The minimum absolute atomic E-state index is 0.00787. The molecule has 3 heteroatoms. The molecule has 0 aliphatic carbocycles. The normalized spacial score (nSPS) is 12.8. The van der Waals surface area contributed by atoms with Crippen LogP contribution < -0.4 is 11.5 Å². The molecule has 13 heavy (non-hydrogen) atoms. The molecule has 0 aromatic heterocycles. The summed E-state index contributed by atoms with van der Waals surface area (Å²) in [6.07, 6.45) is 0.00787. The molecule has 1 unspecified atom stereocenters. The largest absolute Gasteiger partial charge is 0.397 e. The molecule has 0 aliphatic rings. The Morgan fingerprint density at radius 1 is 1.38 bits per heavy atom. The third-order valence-electron chi connectivity index (χ3n) is 2.03. The van der Waals surface area contributed by atoms with Gasteiger partial charge in [-0.2, -0.15) is 0 Å². The average molecular weight is 180 g/mol. The molecule has 0 saturated carbocycles.